The second kappa shape index (κ2) is 5.48. The number of carbonyl (C=O) groups excluding carboxylic acids is 1. The van der Waals surface area contributed by atoms with Crippen molar-refractivity contribution >= 4 is 11.6 Å². The number of anilines is 1. The Labute approximate surface area is 113 Å². The first-order valence-electron chi connectivity index (χ1n) is 6.36. The first-order chi connectivity index (χ1) is 9.08. The van der Waals surface area contributed by atoms with E-state index in [2.05, 4.69) is 0 Å². The zero-order chi connectivity index (χ0) is 14.0. The number of ether oxygens (including phenoxy) is 2. The van der Waals surface area contributed by atoms with Gasteiger partial charge in [0.05, 0.1) is 19.9 Å². The summed E-state index contributed by atoms with van der Waals surface area (Å²) in [6, 6.07) is 3.70. The molecule has 5 nitrogen and oxygen atoms in total. The van der Waals surface area contributed by atoms with Gasteiger partial charge in [0, 0.05) is 25.1 Å². The molecule has 1 aromatic rings. The summed E-state index contributed by atoms with van der Waals surface area (Å²) in [5.74, 6) is 1.42. The van der Waals surface area contributed by atoms with Crippen LogP contribution >= 0.6 is 0 Å². The maximum Gasteiger partial charge on any atom is 0.223 e. The van der Waals surface area contributed by atoms with Crippen molar-refractivity contribution < 1.29 is 14.3 Å². The van der Waals surface area contributed by atoms with Crippen LogP contribution in [0.1, 0.15) is 18.9 Å². The zero-order valence-corrected chi connectivity index (χ0v) is 11.6. The van der Waals surface area contributed by atoms with Gasteiger partial charge in [-0.3, -0.25) is 4.79 Å². The summed E-state index contributed by atoms with van der Waals surface area (Å²) in [5.41, 5.74) is 7.83. The third-order valence-electron chi connectivity index (χ3n) is 3.48. The summed E-state index contributed by atoms with van der Waals surface area (Å²) >= 11 is 0. The minimum absolute atomic E-state index is 0.0121. The van der Waals surface area contributed by atoms with Crippen molar-refractivity contribution in [3.63, 3.8) is 0 Å². The number of benzene rings is 1. The summed E-state index contributed by atoms with van der Waals surface area (Å²) in [6.45, 7) is 2.16. The molecule has 0 saturated carbocycles. The zero-order valence-electron chi connectivity index (χ0n) is 11.6. The molecule has 0 bridgehead atoms. The second-order valence-corrected chi connectivity index (χ2v) is 4.72. The van der Waals surface area contributed by atoms with Gasteiger partial charge < -0.3 is 20.1 Å². The van der Waals surface area contributed by atoms with Crippen molar-refractivity contribution in [3.05, 3.63) is 17.7 Å². The molecule has 104 valence electrons. The van der Waals surface area contributed by atoms with Crippen LogP contribution in [-0.4, -0.2) is 32.7 Å². The monoisotopic (exact) mass is 264 g/mol. The van der Waals surface area contributed by atoms with E-state index < -0.39 is 0 Å². The fraction of sp³-hybridized carbons (Fsp3) is 0.500. The van der Waals surface area contributed by atoms with E-state index in [0.717, 1.165) is 23.4 Å². The standard InChI is InChI=1S/C14H20N2O3/c1-9(17)16-7-6-10(15)8-11-12(18-2)4-5-13(19-3)14(11)16/h4-5,10H,6-8,15H2,1-3H3. The van der Waals surface area contributed by atoms with Gasteiger partial charge in [0.25, 0.3) is 0 Å². The average Bonchev–Trinajstić information content (AvgIpc) is 2.56. The number of methoxy groups -OCH3 is 2. The van der Waals surface area contributed by atoms with E-state index in [1.54, 1.807) is 26.0 Å². The van der Waals surface area contributed by atoms with Crippen molar-refractivity contribution in [2.75, 3.05) is 25.7 Å². The Kier molecular flexibility index (Phi) is 3.95. The first kappa shape index (κ1) is 13.7. The molecule has 19 heavy (non-hydrogen) atoms. The number of rotatable bonds is 2. The van der Waals surface area contributed by atoms with Crippen molar-refractivity contribution in [2.24, 2.45) is 5.73 Å². The molecule has 1 aromatic carbocycles. The summed E-state index contributed by atoms with van der Waals surface area (Å²) in [7, 11) is 3.22. The Balaban J connectivity index is 2.64. The van der Waals surface area contributed by atoms with Crippen molar-refractivity contribution in [3.8, 4) is 11.5 Å². The van der Waals surface area contributed by atoms with Crippen LogP contribution in [0.3, 0.4) is 0 Å². The predicted octanol–water partition coefficient (Wildman–Crippen LogP) is 1.33. The van der Waals surface area contributed by atoms with E-state index in [-0.39, 0.29) is 11.9 Å². The first-order valence-corrected chi connectivity index (χ1v) is 6.36. The number of nitrogens with zero attached hydrogens (tertiary/aromatic N) is 1. The number of nitrogens with two attached hydrogens (primary N) is 1. The molecule has 1 aliphatic rings. The SMILES string of the molecule is COc1ccc(OC)c2c1CC(N)CCN2C(C)=O. The van der Waals surface area contributed by atoms with E-state index in [9.17, 15) is 4.79 Å². The predicted molar refractivity (Wildman–Crippen MR) is 73.9 cm³/mol. The van der Waals surface area contributed by atoms with Crippen LogP contribution in [-0.2, 0) is 11.2 Å². The summed E-state index contributed by atoms with van der Waals surface area (Å²) < 4.78 is 10.8. The van der Waals surface area contributed by atoms with Gasteiger partial charge in [-0.2, -0.15) is 0 Å². The van der Waals surface area contributed by atoms with Gasteiger partial charge in [-0.05, 0) is 25.0 Å². The lowest BCUT2D eigenvalue weighted by atomic mass is 10.0. The lowest BCUT2D eigenvalue weighted by Gasteiger charge is -2.24. The fourth-order valence-corrected chi connectivity index (χ4v) is 2.53. The van der Waals surface area contributed by atoms with Crippen LogP contribution in [0.4, 0.5) is 5.69 Å². The minimum Gasteiger partial charge on any atom is -0.496 e. The molecule has 0 radical (unpaired) electrons. The van der Waals surface area contributed by atoms with Crippen LogP contribution in [0, 0.1) is 0 Å². The minimum atomic E-state index is -0.0121. The fourth-order valence-electron chi connectivity index (χ4n) is 2.53. The second-order valence-electron chi connectivity index (χ2n) is 4.72. The van der Waals surface area contributed by atoms with E-state index in [4.69, 9.17) is 15.2 Å². The van der Waals surface area contributed by atoms with E-state index in [1.165, 1.54) is 0 Å². The summed E-state index contributed by atoms with van der Waals surface area (Å²) in [6.07, 6.45) is 1.44. The molecular formula is C14H20N2O3. The summed E-state index contributed by atoms with van der Waals surface area (Å²) in [5, 5.41) is 0. The molecule has 2 N–H and O–H groups in total. The Morgan fingerprint density at radius 1 is 1.32 bits per heavy atom. The topological polar surface area (TPSA) is 64.8 Å². The number of amides is 1. The molecule has 1 heterocycles. The van der Waals surface area contributed by atoms with E-state index in [1.807, 2.05) is 12.1 Å². The number of hydrogen-bond donors (Lipinski definition) is 1. The average molecular weight is 264 g/mol. The van der Waals surface area contributed by atoms with Crippen LogP contribution in [0.2, 0.25) is 0 Å². The van der Waals surface area contributed by atoms with Crippen LogP contribution in [0.5, 0.6) is 11.5 Å². The molecule has 5 heteroatoms. The highest BCUT2D eigenvalue weighted by Crippen LogP contribution is 2.40. The van der Waals surface area contributed by atoms with Gasteiger partial charge in [0.15, 0.2) is 0 Å². The van der Waals surface area contributed by atoms with Crippen molar-refractivity contribution in [1.29, 1.82) is 0 Å². The maximum atomic E-state index is 11.9. The normalized spacial score (nSPS) is 18.5. The quantitative estimate of drug-likeness (QED) is 0.875. The molecule has 0 aliphatic carbocycles. The van der Waals surface area contributed by atoms with Crippen LogP contribution in [0.25, 0.3) is 0 Å². The van der Waals surface area contributed by atoms with Gasteiger partial charge in [0.1, 0.15) is 11.5 Å². The van der Waals surface area contributed by atoms with Gasteiger partial charge >= 0.3 is 0 Å². The summed E-state index contributed by atoms with van der Waals surface area (Å²) in [4.78, 5) is 13.6. The maximum absolute atomic E-state index is 11.9. The van der Waals surface area contributed by atoms with Crippen LogP contribution in [0.15, 0.2) is 12.1 Å². The molecule has 1 amide bonds. The smallest absolute Gasteiger partial charge is 0.223 e. The van der Waals surface area contributed by atoms with E-state index in [0.29, 0.717) is 18.7 Å². The number of carbonyl (C=O) groups is 1. The molecular weight excluding hydrogens is 244 g/mol. The number of fused-ring (bicyclic) bond motifs is 1. The number of hydrogen-bond acceptors (Lipinski definition) is 4. The molecule has 1 aliphatic heterocycles. The molecule has 1 atom stereocenters. The molecule has 0 fully saturated rings. The van der Waals surface area contributed by atoms with Crippen molar-refractivity contribution in [2.45, 2.75) is 25.8 Å². The van der Waals surface area contributed by atoms with Gasteiger partial charge in [-0.15, -0.1) is 0 Å². The molecule has 1 unspecified atom stereocenters. The third-order valence-corrected chi connectivity index (χ3v) is 3.48. The Hall–Kier alpha value is -1.75. The largest absolute Gasteiger partial charge is 0.496 e. The molecule has 0 saturated heterocycles. The third kappa shape index (κ3) is 2.51. The Morgan fingerprint density at radius 2 is 1.95 bits per heavy atom. The van der Waals surface area contributed by atoms with Crippen LogP contribution < -0.4 is 20.1 Å². The Bertz CT molecular complexity index is 488. The lowest BCUT2D eigenvalue weighted by molar-refractivity contribution is -0.116. The molecule has 0 aromatic heterocycles. The van der Waals surface area contributed by atoms with Gasteiger partial charge in [-0.25, -0.2) is 0 Å². The van der Waals surface area contributed by atoms with Gasteiger partial charge in [0.2, 0.25) is 5.91 Å². The lowest BCUT2D eigenvalue weighted by Crippen LogP contribution is -2.31. The van der Waals surface area contributed by atoms with E-state index >= 15 is 0 Å². The highest BCUT2D eigenvalue weighted by Gasteiger charge is 2.27. The highest BCUT2D eigenvalue weighted by molar-refractivity contribution is 5.95. The molecule has 0 spiro atoms. The van der Waals surface area contributed by atoms with Gasteiger partial charge in [-0.1, -0.05) is 0 Å². The Morgan fingerprint density at radius 3 is 2.53 bits per heavy atom. The molecule has 2 rings (SSSR count). The highest BCUT2D eigenvalue weighted by atomic mass is 16.5. The van der Waals surface area contributed by atoms with Crippen molar-refractivity contribution in [1.82, 2.24) is 0 Å².